The van der Waals surface area contributed by atoms with Crippen LogP contribution in [0.25, 0.3) is 87.3 Å². The highest BCUT2D eigenvalue weighted by Crippen LogP contribution is 2.46. The molecule has 1 heteroatoms. The quantitative estimate of drug-likeness (QED) is 0.163. The average Bonchev–Trinajstić information content (AvgIpc) is 3.40. The van der Waals surface area contributed by atoms with Crippen LogP contribution in [0.3, 0.4) is 0 Å². The Hall–Kier alpha value is -5.40. The van der Waals surface area contributed by atoms with Gasteiger partial charge in [0, 0.05) is 10.8 Å². The molecule has 9 rings (SSSR count). The molecule has 0 aliphatic carbocycles. The molecule has 0 saturated carbocycles. The Bertz CT molecular complexity index is 2460. The van der Waals surface area contributed by atoms with Crippen LogP contribution < -0.4 is 0 Å². The van der Waals surface area contributed by atoms with Crippen molar-refractivity contribution in [1.82, 2.24) is 0 Å². The molecule has 0 aliphatic heterocycles. The van der Waals surface area contributed by atoms with Gasteiger partial charge < -0.3 is 4.42 Å². The van der Waals surface area contributed by atoms with Crippen LogP contribution in [-0.2, 0) is 0 Å². The molecule has 0 radical (unpaired) electrons. The summed E-state index contributed by atoms with van der Waals surface area (Å²) in [6.07, 6.45) is 0. The normalized spacial score (nSPS) is 11.9. The number of benzene rings is 8. The third kappa shape index (κ3) is 3.30. The molecular formula is C40H24O. The van der Waals surface area contributed by atoms with E-state index in [0.29, 0.717) is 0 Å². The predicted octanol–water partition coefficient (Wildman–Crippen LogP) is 11.5. The van der Waals surface area contributed by atoms with E-state index in [2.05, 4.69) is 146 Å². The molecule has 8 aromatic carbocycles. The molecule has 41 heavy (non-hydrogen) atoms. The molecule has 0 atom stereocenters. The maximum Gasteiger partial charge on any atom is 0.136 e. The van der Waals surface area contributed by atoms with Gasteiger partial charge in [0.25, 0.3) is 0 Å². The number of hydrogen-bond donors (Lipinski definition) is 0. The van der Waals surface area contributed by atoms with Gasteiger partial charge in [-0.2, -0.15) is 0 Å². The fourth-order valence-corrected chi connectivity index (χ4v) is 6.79. The van der Waals surface area contributed by atoms with Crippen LogP contribution in [0.1, 0.15) is 0 Å². The fraction of sp³-hybridized carbons (Fsp3) is 0. The summed E-state index contributed by atoms with van der Waals surface area (Å²) in [4.78, 5) is 0. The Balaban J connectivity index is 1.47. The third-order valence-corrected chi connectivity index (χ3v) is 8.60. The minimum atomic E-state index is 0.916. The van der Waals surface area contributed by atoms with Crippen LogP contribution >= 0.6 is 0 Å². The van der Waals surface area contributed by atoms with Crippen LogP contribution in [0.4, 0.5) is 0 Å². The number of hydrogen-bond acceptors (Lipinski definition) is 1. The first kappa shape index (κ1) is 22.4. The van der Waals surface area contributed by atoms with Gasteiger partial charge in [0.1, 0.15) is 11.2 Å². The lowest BCUT2D eigenvalue weighted by Gasteiger charge is -2.17. The Morgan fingerprint density at radius 3 is 1.90 bits per heavy atom. The molecule has 0 aliphatic rings. The molecule has 1 heterocycles. The zero-order chi connectivity index (χ0) is 26.9. The third-order valence-electron chi connectivity index (χ3n) is 8.60. The number of furan rings is 1. The molecule has 190 valence electrons. The maximum absolute atomic E-state index is 6.49. The molecule has 0 amide bonds. The second-order valence-corrected chi connectivity index (χ2v) is 10.9. The lowest BCUT2D eigenvalue weighted by atomic mass is 9.86. The Kier molecular flexibility index (Phi) is 4.67. The van der Waals surface area contributed by atoms with E-state index in [1.807, 2.05) is 0 Å². The van der Waals surface area contributed by atoms with Gasteiger partial charge in [-0.05, 0) is 89.6 Å². The molecular weight excluding hydrogens is 496 g/mol. The first-order chi connectivity index (χ1) is 20.3. The van der Waals surface area contributed by atoms with E-state index >= 15 is 0 Å². The van der Waals surface area contributed by atoms with E-state index < -0.39 is 0 Å². The highest BCUT2D eigenvalue weighted by molar-refractivity contribution is 6.26. The summed E-state index contributed by atoms with van der Waals surface area (Å²) in [5.74, 6) is 0. The van der Waals surface area contributed by atoms with Gasteiger partial charge in [-0.15, -0.1) is 0 Å². The smallest absolute Gasteiger partial charge is 0.136 e. The van der Waals surface area contributed by atoms with Gasteiger partial charge in [-0.25, -0.2) is 0 Å². The molecule has 1 nitrogen and oxygen atoms in total. The van der Waals surface area contributed by atoms with Crippen molar-refractivity contribution in [1.29, 1.82) is 0 Å². The van der Waals surface area contributed by atoms with Gasteiger partial charge in [0.2, 0.25) is 0 Å². The highest BCUT2D eigenvalue weighted by Gasteiger charge is 2.19. The molecule has 0 bridgehead atoms. The van der Waals surface area contributed by atoms with E-state index in [9.17, 15) is 0 Å². The van der Waals surface area contributed by atoms with E-state index in [4.69, 9.17) is 4.42 Å². The molecule has 0 saturated heterocycles. The van der Waals surface area contributed by atoms with Crippen molar-refractivity contribution in [3.63, 3.8) is 0 Å². The first-order valence-corrected chi connectivity index (χ1v) is 14.1. The van der Waals surface area contributed by atoms with Crippen LogP contribution in [0, 0.1) is 0 Å². The number of rotatable bonds is 2. The summed E-state index contributed by atoms with van der Waals surface area (Å²) >= 11 is 0. The monoisotopic (exact) mass is 520 g/mol. The van der Waals surface area contributed by atoms with Gasteiger partial charge >= 0.3 is 0 Å². The Morgan fingerprint density at radius 2 is 1.02 bits per heavy atom. The van der Waals surface area contributed by atoms with Gasteiger partial charge in [0.05, 0.1) is 0 Å². The highest BCUT2D eigenvalue weighted by atomic mass is 16.3. The zero-order valence-electron chi connectivity index (χ0n) is 22.3. The molecule has 0 fully saturated rings. The first-order valence-electron chi connectivity index (χ1n) is 14.1. The van der Waals surface area contributed by atoms with Crippen molar-refractivity contribution < 1.29 is 4.42 Å². The lowest BCUT2D eigenvalue weighted by molar-refractivity contribution is 0.669. The topological polar surface area (TPSA) is 13.1 Å². The van der Waals surface area contributed by atoms with Crippen molar-refractivity contribution in [2.24, 2.45) is 0 Å². The molecule has 0 N–H and O–H groups in total. The van der Waals surface area contributed by atoms with E-state index in [0.717, 1.165) is 16.6 Å². The van der Waals surface area contributed by atoms with Gasteiger partial charge in [-0.3, -0.25) is 0 Å². The van der Waals surface area contributed by atoms with E-state index in [1.165, 1.54) is 70.7 Å². The lowest BCUT2D eigenvalue weighted by Crippen LogP contribution is -1.89. The molecule has 1 aromatic heterocycles. The van der Waals surface area contributed by atoms with Crippen molar-refractivity contribution in [2.75, 3.05) is 0 Å². The summed E-state index contributed by atoms with van der Waals surface area (Å²) in [6, 6.07) is 52.6. The second-order valence-electron chi connectivity index (χ2n) is 10.9. The van der Waals surface area contributed by atoms with Crippen molar-refractivity contribution >= 4 is 65.0 Å². The predicted molar refractivity (Wildman–Crippen MR) is 175 cm³/mol. The summed E-state index contributed by atoms with van der Waals surface area (Å²) in [5.41, 5.74) is 6.79. The molecule has 0 unspecified atom stereocenters. The van der Waals surface area contributed by atoms with Crippen molar-refractivity contribution in [3.8, 4) is 22.3 Å². The fourth-order valence-electron chi connectivity index (χ4n) is 6.79. The summed E-state index contributed by atoms with van der Waals surface area (Å²) < 4.78 is 6.49. The van der Waals surface area contributed by atoms with Crippen molar-refractivity contribution in [3.05, 3.63) is 146 Å². The van der Waals surface area contributed by atoms with E-state index in [-0.39, 0.29) is 0 Å². The largest absolute Gasteiger partial charge is 0.456 e. The average molecular weight is 521 g/mol. The maximum atomic E-state index is 6.49. The minimum Gasteiger partial charge on any atom is -0.456 e. The van der Waals surface area contributed by atoms with Crippen LogP contribution in [0.2, 0.25) is 0 Å². The summed E-state index contributed by atoms with van der Waals surface area (Å²) in [6.45, 7) is 0. The van der Waals surface area contributed by atoms with Crippen LogP contribution in [0.5, 0.6) is 0 Å². The SMILES string of the molecule is c1ccc(-c2cccc3ccc4c(-c5cccc6oc7cc8ccccc8cc7c56)c5ccccc5cc4c23)cc1. The minimum absolute atomic E-state index is 0.916. The standard InChI is InChI=1S/C40H24O/c1-2-10-25(11-3-1)30-17-8-15-26-20-21-32-34(38(26)30)23-29-14-6-7-16-31(29)39(32)33-18-9-19-36-40(33)35-22-27-12-4-5-13-28(27)24-37(35)41-36/h1-24H. The van der Waals surface area contributed by atoms with Crippen LogP contribution in [0.15, 0.2) is 150 Å². The Labute approximate surface area is 236 Å². The molecule has 9 aromatic rings. The van der Waals surface area contributed by atoms with Gasteiger partial charge in [0.15, 0.2) is 0 Å². The van der Waals surface area contributed by atoms with E-state index in [1.54, 1.807) is 0 Å². The zero-order valence-corrected chi connectivity index (χ0v) is 22.3. The Morgan fingerprint density at radius 1 is 0.341 bits per heavy atom. The molecule has 0 spiro atoms. The number of fused-ring (bicyclic) bond motifs is 8. The van der Waals surface area contributed by atoms with Crippen molar-refractivity contribution in [2.45, 2.75) is 0 Å². The van der Waals surface area contributed by atoms with Gasteiger partial charge in [-0.1, -0.05) is 121 Å². The summed E-state index contributed by atoms with van der Waals surface area (Å²) in [7, 11) is 0. The second kappa shape index (κ2) is 8.55. The summed E-state index contributed by atoms with van der Waals surface area (Å²) in [5, 5.41) is 12.3. The van der Waals surface area contributed by atoms with Crippen LogP contribution in [-0.4, -0.2) is 0 Å².